The first-order valence-corrected chi connectivity index (χ1v) is 5.66. The molecule has 0 aromatic carbocycles. The van der Waals surface area contributed by atoms with E-state index in [1.807, 2.05) is 26.8 Å². The van der Waals surface area contributed by atoms with Gasteiger partial charge in [-0.1, -0.05) is 13.8 Å². The summed E-state index contributed by atoms with van der Waals surface area (Å²) in [5.74, 6) is -0.925. The molecule has 18 heavy (non-hydrogen) atoms. The van der Waals surface area contributed by atoms with Crippen molar-refractivity contribution in [3.05, 3.63) is 29.7 Å². The van der Waals surface area contributed by atoms with E-state index in [0.29, 0.717) is 10.9 Å². The Kier molecular flexibility index (Phi) is 4.59. The van der Waals surface area contributed by atoms with Gasteiger partial charge in [-0.15, -0.1) is 0 Å². The summed E-state index contributed by atoms with van der Waals surface area (Å²) in [5.41, 5.74) is 1.19. The number of ether oxygens (including phenoxy) is 1. The molecule has 0 aliphatic rings. The van der Waals surface area contributed by atoms with E-state index in [4.69, 9.17) is 0 Å². The fourth-order valence-corrected chi connectivity index (χ4v) is 1.44. The molecule has 2 rings (SSSR count). The van der Waals surface area contributed by atoms with Crippen molar-refractivity contribution in [3.63, 3.8) is 0 Å². The van der Waals surface area contributed by atoms with Crippen molar-refractivity contribution in [2.75, 3.05) is 7.11 Å². The van der Waals surface area contributed by atoms with E-state index in [-0.39, 0.29) is 11.4 Å². The molecule has 96 valence electrons. The van der Waals surface area contributed by atoms with Gasteiger partial charge in [-0.25, -0.2) is 9.78 Å². The second-order valence-electron chi connectivity index (χ2n) is 3.40. The van der Waals surface area contributed by atoms with Crippen LogP contribution in [-0.4, -0.2) is 28.2 Å². The first kappa shape index (κ1) is 13.9. The molecule has 0 bridgehead atoms. The van der Waals surface area contributed by atoms with Gasteiger partial charge in [0.05, 0.1) is 7.11 Å². The van der Waals surface area contributed by atoms with Crippen molar-refractivity contribution in [3.8, 4) is 5.75 Å². The summed E-state index contributed by atoms with van der Waals surface area (Å²) in [5, 5.41) is 10.5. The Morgan fingerprint density at radius 1 is 1.28 bits per heavy atom. The zero-order valence-corrected chi connectivity index (χ0v) is 10.9. The Bertz CT molecular complexity index is 567. The molecule has 2 heterocycles. The molecule has 0 atom stereocenters. The van der Waals surface area contributed by atoms with Gasteiger partial charge in [0.2, 0.25) is 0 Å². The fraction of sp³-hybridized carbons (Fsp3) is 0.308. The van der Waals surface area contributed by atoms with Crippen molar-refractivity contribution in [1.29, 1.82) is 0 Å². The Morgan fingerprint density at radius 2 is 1.94 bits per heavy atom. The summed E-state index contributed by atoms with van der Waals surface area (Å²) in [6, 6.07) is 1.83. The monoisotopic (exact) mass is 248 g/mol. The van der Waals surface area contributed by atoms with Gasteiger partial charge >= 0.3 is 5.97 Å². The largest absolute Gasteiger partial charge is 0.504 e. The number of aromatic hydroxyl groups is 1. The van der Waals surface area contributed by atoms with E-state index in [1.165, 1.54) is 13.3 Å². The highest BCUT2D eigenvalue weighted by Crippen LogP contribution is 2.25. The predicted octanol–water partition coefficient (Wildman–Crippen LogP) is 2.46. The number of aromatic nitrogens is 2. The van der Waals surface area contributed by atoms with Crippen LogP contribution >= 0.6 is 0 Å². The third-order valence-corrected chi connectivity index (χ3v) is 2.21. The minimum Gasteiger partial charge on any atom is -0.504 e. The van der Waals surface area contributed by atoms with Gasteiger partial charge in [-0.05, 0) is 18.6 Å². The molecule has 5 heteroatoms. The van der Waals surface area contributed by atoms with Crippen LogP contribution in [0, 0.1) is 6.92 Å². The number of aryl methyl sites for hydroxylation is 1. The van der Waals surface area contributed by atoms with Crippen LogP contribution in [0.5, 0.6) is 5.75 Å². The maximum atomic E-state index is 11.3. The maximum absolute atomic E-state index is 11.3. The highest BCUT2D eigenvalue weighted by molar-refractivity contribution is 5.97. The van der Waals surface area contributed by atoms with Gasteiger partial charge < -0.3 is 9.84 Å². The van der Waals surface area contributed by atoms with Gasteiger partial charge in [0.15, 0.2) is 11.4 Å². The van der Waals surface area contributed by atoms with E-state index < -0.39 is 5.97 Å². The van der Waals surface area contributed by atoms with Gasteiger partial charge in [-0.3, -0.25) is 4.98 Å². The molecule has 2 aromatic rings. The van der Waals surface area contributed by atoms with Crippen LogP contribution in [0.3, 0.4) is 0 Å². The molecule has 0 unspecified atom stereocenters. The van der Waals surface area contributed by atoms with Crippen molar-refractivity contribution < 1.29 is 14.6 Å². The average Bonchev–Trinajstić information content (AvgIpc) is 2.40. The number of nitrogens with zero attached hydrogens (tertiary/aromatic N) is 2. The van der Waals surface area contributed by atoms with Crippen LogP contribution in [0.2, 0.25) is 0 Å². The zero-order chi connectivity index (χ0) is 13.7. The number of rotatable bonds is 1. The highest BCUT2D eigenvalue weighted by Gasteiger charge is 2.16. The lowest BCUT2D eigenvalue weighted by molar-refractivity contribution is 0.0591. The third-order valence-electron chi connectivity index (χ3n) is 2.21. The molecule has 0 aliphatic carbocycles. The lowest BCUT2D eigenvalue weighted by Crippen LogP contribution is -2.05. The van der Waals surface area contributed by atoms with Gasteiger partial charge in [0.1, 0.15) is 5.52 Å². The van der Waals surface area contributed by atoms with Crippen LogP contribution in [0.1, 0.15) is 29.9 Å². The molecule has 0 saturated carbocycles. The molecule has 2 aromatic heterocycles. The van der Waals surface area contributed by atoms with Gasteiger partial charge in [0.25, 0.3) is 0 Å². The number of fused-ring (bicyclic) bond motifs is 1. The quantitative estimate of drug-likeness (QED) is 0.785. The van der Waals surface area contributed by atoms with Gasteiger partial charge in [-0.2, -0.15) is 0 Å². The number of hydrogen-bond donors (Lipinski definition) is 1. The summed E-state index contributed by atoms with van der Waals surface area (Å²) in [6.07, 6.45) is 3.10. The third kappa shape index (κ3) is 2.56. The topological polar surface area (TPSA) is 72.3 Å². The lowest BCUT2D eigenvalue weighted by Gasteiger charge is -2.04. The van der Waals surface area contributed by atoms with Crippen LogP contribution in [-0.2, 0) is 4.74 Å². The van der Waals surface area contributed by atoms with Crippen LogP contribution < -0.4 is 0 Å². The van der Waals surface area contributed by atoms with E-state index in [2.05, 4.69) is 14.7 Å². The average molecular weight is 248 g/mol. The van der Waals surface area contributed by atoms with Crippen molar-refractivity contribution in [1.82, 2.24) is 9.97 Å². The molecular formula is C13H16N2O3. The minimum atomic E-state index is -0.679. The number of methoxy groups -OCH3 is 1. The molecular weight excluding hydrogens is 232 g/mol. The Hall–Kier alpha value is -2.17. The Balaban J connectivity index is 0.000000771. The van der Waals surface area contributed by atoms with Crippen LogP contribution in [0.25, 0.3) is 10.9 Å². The Morgan fingerprint density at radius 3 is 2.56 bits per heavy atom. The second kappa shape index (κ2) is 5.95. The van der Waals surface area contributed by atoms with Crippen molar-refractivity contribution in [2.24, 2.45) is 0 Å². The molecule has 5 nitrogen and oxygen atoms in total. The normalized spacial score (nSPS) is 9.56. The Labute approximate surface area is 105 Å². The summed E-state index contributed by atoms with van der Waals surface area (Å²) in [6.45, 7) is 5.89. The SMILES string of the molecule is CC.COC(=O)c1ncc2cc(C)cnc2c1O. The van der Waals surface area contributed by atoms with Crippen LogP contribution in [0.15, 0.2) is 18.5 Å². The zero-order valence-electron chi connectivity index (χ0n) is 10.9. The predicted molar refractivity (Wildman–Crippen MR) is 68.6 cm³/mol. The number of hydrogen-bond acceptors (Lipinski definition) is 5. The van der Waals surface area contributed by atoms with Crippen molar-refractivity contribution >= 4 is 16.9 Å². The maximum Gasteiger partial charge on any atom is 0.360 e. The fourth-order valence-electron chi connectivity index (χ4n) is 1.44. The molecule has 0 aliphatic heterocycles. The number of esters is 1. The molecule has 0 amide bonds. The molecule has 0 spiro atoms. The number of pyridine rings is 2. The lowest BCUT2D eigenvalue weighted by atomic mass is 10.2. The number of carbonyl (C=O) groups excluding carboxylic acids is 1. The first-order chi connectivity index (χ1) is 8.63. The molecule has 0 saturated heterocycles. The van der Waals surface area contributed by atoms with Gasteiger partial charge in [0, 0.05) is 17.8 Å². The first-order valence-electron chi connectivity index (χ1n) is 5.66. The van der Waals surface area contributed by atoms with E-state index in [0.717, 1.165) is 5.56 Å². The summed E-state index contributed by atoms with van der Waals surface area (Å²) in [7, 11) is 1.23. The van der Waals surface area contributed by atoms with E-state index >= 15 is 0 Å². The van der Waals surface area contributed by atoms with Crippen LogP contribution in [0.4, 0.5) is 0 Å². The molecule has 1 N–H and O–H groups in total. The smallest absolute Gasteiger partial charge is 0.360 e. The van der Waals surface area contributed by atoms with E-state index in [1.54, 1.807) is 6.20 Å². The summed E-state index contributed by atoms with van der Waals surface area (Å²) >= 11 is 0. The minimum absolute atomic E-state index is 0.119. The highest BCUT2D eigenvalue weighted by atomic mass is 16.5. The van der Waals surface area contributed by atoms with E-state index in [9.17, 15) is 9.90 Å². The number of carbonyl (C=O) groups is 1. The van der Waals surface area contributed by atoms with Crippen molar-refractivity contribution in [2.45, 2.75) is 20.8 Å². The second-order valence-corrected chi connectivity index (χ2v) is 3.40. The standard InChI is InChI=1S/C11H10N2O3.C2H6/c1-6-3-7-5-13-9(11(15)16-2)10(14)8(7)12-4-6;1-2/h3-5,14H,1-2H3;1-2H3. The molecule has 0 fully saturated rings. The summed E-state index contributed by atoms with van der Waals surface area (Å²) in [4.78, 5) is 19.2. The molecule has 0 radical (unpaired) electrons. The summed E-state index contributed by atoms with van der Waals surface area (Å²) < 4.78 is 4.50.